The van der Waals surface area contributed by atoms with Crippen molar-refractivity contribution in [2.75, 3.05) is 18.2 Å². The van der Waals surface area contributed by atoms with Gasteiger partial charge in [0.25, 0.3) is 6.47 Å². The van der Waals surface area contributed by atoms with Gasteiger partial charge < -0.3 is 21.0 Å². The molecule has 2 rings (SSSR count). The Morgan fingerprint density at radius 2 is 1.97 bits per heavy atom. The zero-order valence-electron chi connectivity index (χ0n) is 19.6. The van der Waals surface area contributed by atoms with Crippen molar-refractivity contribution in [2.24, 2.45) is 11.7 Å². The van der Waals surface area contributed by atoms with E-state index in [0.29, 0.717) is 23.4 Å². The number of nitrogens with zero attached hydrogens (tertiary/aromatic N) is 1. The number of nitrogens with one attached hydrogen (secondary N) is 1. The quantitative estimate of drug-likeness (QED) is 0.201. The zero-order chi connectivity index (χ0) is 25.8. The van der Waals surface area contributed by atoms with E-state index in [4.69, 9.17) is 5.73 Å². The van der Waals surface area contributed by atoms with Crippen LogP contribution in [0.3, 0.4) is 0 Å². The lowest BCUT2D eigenvalue weighted by molar-refractivity contribution is -0.614. The van der Waals surface area contributed by atoms with Crippen molar-refractivity contribution in [1.29, 1.82) is 0 Å². The Morgan fingerprint density at radius 3 is 2.66 bits per heavy atom. The first kappa shape index (κ1) is 27.9. The molecule has 0 fully saturated rings. The third kappa shape index (κ3) is 9.45. The molecule has 11 heteroatoms. The molecule has 3 N–H and O–H groups in total. The Balaban J connectivity index is 1.99. The fourth-order valence-corrected chi connectivity index (χ4v) is 4.92. The lowest BCUT2D eigenvalue weighted by Crippen LogP contribution is -2.39. The van der Waals surface area contributed by atoms with Crippen molar-refractivity contribution < 1.29 is 32.3 Å². The molecule has 0 aliphatic rings. The Bertz CT molecular complexity index is 1140. The molecule has 1 atom stereocenters. The number of nitrogens with two attached hydrogens (primary N) is 1. The molecule has 2 aromatic rings. The van der Waals surface area contributed by atoms with Crippen LogP contribution < -0.4 is 15.8 Å². The number of rotatable bonds is 15. The van der Waals surface area contributed by atoms with E-state index in [1.807, 2.05) is 25.1 Å². The monoisotopic (exact) mass is 505 g/mol. The van der Waals surface area contributed by atoms with Gasteiger partial charge in [0, 0.05) is 31.5 Å². The van der Waals surface area contributed by atoms with Crippen LogP contribution in [-0.2, 0) is 48.3 Å². The van der Waals surface area contributed by atoms with Crippen LogP contribution in [0.4, 0.5) is 0 Å². The van der Waals surface area contributed by atoms with E-state index < -0.39 is 33.4 Å². The molecule has 0 bridgehead atoms. The van der Waals surface area contributed by atoms with Crippen LogP contribution in [0, 0.1) is 18.0 Å². The van der Waals surface area contributed by atoms with Crippen LogP contribution in [0.1, 0.15) is 35.2 Å². The van der Waals surface area contributed by atoms with Gasteiger partial charge in [0.1, 0.15) is 0 Å². The Hall–Kier alpha value is -3.31. The van der Waals surface area contributed by atoms with Crippen LogP contribution in [0.25, 0.3) is 0 Å². The van der Waals surface area contributed by atoms with Gasteiger partial charge in [-0.25, -0.2) is 8.42 Å². The van der Waals surface area contributed by atoms with Gasteiger partial charge in [-0.2, -0.15) is 4.73 Å². The van der Waals surface area contributed by atoms with Crippen molar-refractivity contribution in [2.45, 2.75) is 39.2 Å². The Kier molecular flexibility index (Phi) is 10.8. The molecule has 0 aliphatic heterocycles. The number of amides is 1. The normalized spacial score (nSPS) is 12.1. The number of Topliss-reactive ketones (excluding diaryl/α,β-unsaturated/α-hetero) is 1. The molecule has 10 nitrogen and oxygen atoms in total. The van der Waals surface area contributed by atoms with Gasteiger partial charge >= 0.3 is 0 Å². The van der Waals surface area contributed by atoms with Crippen LogP contribution in [0.2, 0.25) is 0 Å². The highest BCUT2D eigenvalue weighted by atomic mass is 32.2. The summed E-state index contributed by atoms with van der Waals surface area (Å²) in [7, 11) is -3.90. The predicted octanol–water partition coefficient (Wildman–Crippen LogP) is 0.499. The second kappa shape index (κ2) is 13.5. The summed E-state index contributed by atoms with van der Waals surface area (Å²) in [5.41, 5.74) is 9.11. The van der Waals surface area contributed by atoms with E-state index in [2.05, 4.69) is 10.1 Å². The van der Waals surface area contributed by atoms with Gasteiger partial charge in [-0.3, -0.25) is 14.4 Å². The number of pyridine rings is 1. The van der Waals surface area contributed by atoms with Gasteiger partial charge in [0.05, 0.1) is 18.2 Å². The summed E-state index contributed by atoms with van der Waals surface area (Å²) in [6.45, 7) is 2.07. The first-order chi connectivity index (χ1) is 16.6. The summed E-state index contributed by atoms with van der Waals surface area (Å²) < 4.78 is 29.5. The predicted molar refractivity (Wildman–Crippen MR) is 128 cm³/mol. The average molecular weight is 506 g/mol. The standard InChI is InChI=1S/C24H31N3O7S/c1-18-5-6-20(13-25)19(12-18)8-10-23(29)14-26-24(30)21(15-35(32,33)17-34-16-28)7-9-22-4-2-3-11-27(22)31/h2-6,11-12,16,21H,7-10,13-15,17,25H2,1H3,(H,26,30). The minimum absolute atomic E-state index is 0.0138. The summed E-state index contributed by atoms with van der Waals surface area (Å²) in [5, 5.41) is 14.4. The molecule has 1 amide bonds. The SMILES string of the molecule is Cc1ccc(CN)c(CCC(=O)CNC(=O)C(CCc2cccc[n+]2[O-])CS(=O)(=O)COC=O)c1. The summed E-state index contributed by atoms with van der Waals surface area (Å²) >= 11 is 0. The molecule has 0 saturated carbocycles. The molecule has 1 aromatic carbocycles. The number of hydrogen-bond donors (Lipinski definition) is 2. The third-order valence-corrected chi connectivity index (χ3v) is 6.91. The molecule has 1 unspecified atom stereocenters. The highest BCUT2D eigenvalue weighted by Gasteiger charge is 2.27. The molecule has 0 saturated heterocycles. The number of sulfone groups is 1. The summed E-state index contributed by atoms with van der Waals surface area (Å²) in [6.07, 6.45) is 2.17. The minimum Gasteiger partial charge on any atom is -0.619 e. The number of ether oxygens (including phenoxy) is 1. The molecular weight excluding hydrogens is 474 g/mol. The van der Waals surface area contributed by atoms with E-state index in [9.17, 15) is 28.0 Å². The first-order valence-corrected chi connectivity index (χ1v) is 13.0. The largest absolute Gasteiger partial charge is 0.619 e. The van der Waals surface area contributed by atoms with Gasteiger partial charge in [-0.15, -0.1) is 0 Å². The van der Waals surface area contributed by atoms with Crippen LogP contribution >= 0.6 is 0 Å². The number of aromatic nitrogens is 1. The van der Waals surface area contributed by atoms with Gasteiger partial charge in [0.2, 0.25) is 5.91 Å². The van der Waals surface area contributed by atoms with Crippen LogP contribution in [0.15, 0.2) is 42.6 Å². The number of carbonyl (C=O) groups is 3. The molecule has 1 aromatic heterocycles. The molecule has 190 valence electrons. The number of carbonyl (C=O) groups excluding carboxylic acids is 3. The third-order valence-electron chi connectivity index (χ3n) is 5.51. The maximum absolute atomic E-state index is 12.8. The van der Waals surface area contributed by atoms with Crippen molar-refractivity contribution >= 4 is 28.0 Å². The van der Waals surface area contributed by atoms with Crippen LogP contribution in [-0.4, -0.2) is 44.8 Å². The van der Waals surface area contributed by atoms with E-state index in [-0.39, 0.29) is 38.1 Å². The smallest absolute Gasteiger partial charge is 0.294 e. The fourth-order valence-electron chi connectivity index (χ4n) is 3.63. The molecular formula is C24H31N3O7S. The van der Waals surface area contributed by atoms with Gasteiger partial charge in [-0.1, -0.05) is 29.8 Å². The topological polar surface area (TPSA) is 160 Å². The fraction of sp³-hybridized carbons (Fsp3) is 0.417. The molecule has 1 heterocycles. The van der Waals surface area contributed by atoms with Gasteiger partial charge in [0.15, 0.2) is 33.5 Å². The van der Waals surface area contributed by atoms with E-state index in [1.165, 1.54) is 6.20 Å². The van der Waals surface area contributed by atoms with E-state index in [0.717, 1.165) is 16.7 Å². The maximum atomic E-state index is 12.8. The summed E-state index contributed by atoms with van der Waals surface area (Å²) in [6, 6.07) is 10.6. The van der Waals surface area contributed by atoms with E-state index in [1.54, 1.807) is 18.2 Å². The molecule has 0 radical (unpaired) electrons. The van der Waals surface area contributed by atoms with Crippen molar-refractivity contribution in [3.63, 3.8) is 0 Å². The molecule has 35 heavy (non-hydrogen) atoms. The Labute approximate surface area is 205 Å². The second-order valence-corrected chi connectivity index (χ2v) is 10.3. The lowest BCUT2D eigenvalue weighted by atomic mass is 9.99. The number of benzene rings is 1. The second-order valence-electron chi connectivity index (χ2n) is 8.28. The first-order valence-electron chi connectivity index (χ1n) is 11.2. The summed E-state index contributed by atoms with van der Waals surface area (Å²) in [4.78, 5) is 35.6. The van der Waals surface area contributed by atoms with Crippen molar-refractivity contribution in [3.05, 3.63) is 70.2 Å². The zero-order valence-corrected chi connectivity index (χ0v) is 20.5. The van der Waals surface area contributed by atoms with Crippen molar-refractivity contribution in [3.8, 4) is 0 Å². The highest BCUT2D eigenvalue weighted by Crippen LogP contribution is 2.15. The number of ketones is 1. The molecule has 0 spiro atoms. The van der Waals surface area contributed by atoms with Crippen LogP contribution in [0.5, 0.6) is 0 Å². The van der Waals surface area contributed by atoms with Crippen molar-refractivity contribution in [1.82, 2.24) is 5.32 Å². The minimum atomic E-state index is -3.90. The highest BCUT2D eigenvalue weighted by molar-refractivity contribution is 7.91. The number of aryl methyl sites for hydroxylation is 3. The Morgan fingerprint density at radius 1 is 1.20 bits per heavy atom. The average Bonchev–Trinajstić information content (AvgIpc) is 2.83. The lowest BCUT2D eigenvalue weighted by Gasteiger charge is -2.16. The maximum Gasteiger partial charge on any atom is 0.294 e. The summed E-state index contributed by atoms with van der Waals surface area (Å²) in [5.74, 6) is -3.32. The molecule has 0 aliphatic carbocycles. The number of hydrogen-bond acceptors (Lipinski definition) is 8. The van der Waals surface area contributed by atoms with E-state index >= 15 is 0 Å². The van der Waals surface area contributed by atoms with Gasteiger partial charge in [-0.05, 0) is 30.9 Å².